The number of methoxy groups -OCH3 is 1. The second-order valence-electron chi connectivity index (χ2n) is 5.14. The van der Waals surface area contributed by atoms with Gasteiger partial charge in [0, 0.05) is 18.5 Å². The van der Waals surface area contributed by atoms with Gasteiger partial charge in [-0.2, -0.15) is 4.68 Å². The maximum atomic E-state index is 5.41. The van der Waals surface area contributed by atoms with Crippen molar-refractivity contribution in [2.45, 2.75) is 19.5 Å². The Morgan fingerprint density at radius 1 is 1.33 bits per heavy atom. The van der Waals surface area contributed by atoms with E-state index >= 15 is 0 Å². The summed E-state index contributed by atoms with van der Waals surface area (Å²) in [4.78, 5) is 1.56. The van der Waals surface area contributed by atoms with E-state index in [2.05, 4.69) is 10.4 Å². The zero-order valence-corrected chi connectivity index (χ0v) is 13.6. The van der Waals surface area contributed by atoms with Crippen LogP contribution in [0.5, 0.6) is 5.75 Å². The summed E-state index contributed by atoms with van der Waals surface area (Å²) in [5.41, 5.74) is 0.986. The van der Waals surface area contributed by atoms with Gasteiger partial charge in [-0.1, -0.05) is 11.3 Å². The van der Waals surface area contributed by atoms with E-state index in [1.54, 1.807) is 12.0 Å². The summed E-state index contributed by atoms with van der Waals surface area (Å²) in [7, 11) is 1.66. The van der Waals surface area contributed by atoms with Gasteiger partial charge in [-0.25, -0.2) is 0 Å². The fourth-order valence-corrected chi connectivity index (χ4v) is 3.53. The highest BCUT2D eigenvalue weighted by molar-refractivity contribution is 7.73. The van der Waals surface area contributed by atoms with Gasteiger partial charge in [0.25, 0.3) is 0 Å². The van der Waals surface area contributed by atoms with Gasteiger partial charge in [0.05, 0.1) is 20.2 Å². The summed E-state index contributed by atoms with van der Waals surface area (Å²) >= 11 is 6.92. The van der Waals surface area contributed by atoms with E-state index in [1.165, 1.54) is 37.3 Å². The Morgan fingerprint density at radius 2 is 2.05 bits per heavy atom. The van der Waals surface area contributed by atoms with Crippen LogP contribution in [0.25, 0.3) is 0 Å². The van der Waals surface area contributed by atoms with Crippen LogP contribution in [0.1, 0.15) is 12.8 Å². The lowest BCUT2D eigenvalue weighted by Gasteiger charge is -2.11. The number of nitrogens with one attached hydrogen (secondary N) is 2. The summed E-state index contributed by atoms with van der Waals surface area (Å²) < 4.78 is 7.91. The van der Waals surface area contributed by atoms with Crippen molar-refractivity contribution in [2.24, 2.45) is 0 Å². The minimum absolute atomic E-state index is 0.824. The molecule has 21 heavy (non-hydrogen) atoms. The molecule has 0 unspecified atom stereocenters. The molecule has 3 rings (SSSR count). The van der Waals surface area contributed by atoms with Gasteiger partial charge in [-0.15, -0.1) is 5.10 Å². The number of benzene rings is 1. The van der Waals surface area contributed by atoms with Crippen molar-refractivity contribution >= 4 is 34.4 Å². The van der Waals surface area contributed by atoms with Gasteiger partial charge in [0.1, 0.15) is 5.75 Å². The molecular formula is C14H19N4OS2+. The van der Waals surface area contributed by atoms with Crippen molar-refractivity contribution < 1.29 is 9.64 Å². The molecule has 112 valence electrons. The number of likely N-dealkylation sites (tertiary alicyclic amines) is 1. The zero-order chi connectivity index (χ0) is 14.7. The molecule has 1 aromatic heterocycles. The van der Waals surface area contributed by atoms with Crippen molar-refractivity contribution in [1.82, 2.24) is 9.78 Å². The Morgan fingerprint density at radius 3 is 2.71 bits per heavy atom. The highest BCUT2D eigenvalue weighted by atomic mass is 32.1. The highest BCUT2D eigenvalue weighted by Crippen LogP contribution is 2.22. The molecule has 7 heteroatoms. The van der Waals surface area contributed by atoms with Crippen LogP contribution in [0.15, 0.2) is 24.3 Å². The molecular weight excluding hydrogens is 304 g/mol. The molecule has 2 N–H and O–H groups in total. The van der Waals surface area contributed by atoms with E-state index in [1.807, 2.05) is 28.9 Å². The lowest BCUT2D eigenvalue weighted by Crippen LogP contribution is -3.09. The van der Waals surface area contributed by atoms with Crippen LogP contribution in [0, 0.1) is 3.95 Å². The van der Waals surface area contributed by atoms with Crippen molar-refractivity contribution in [3.05, 3.63) is 28.2 Å². The summed E-state index contributed by atoms with van der Waals surface area (Å²) in [5.74, 6) is 0.844. The maximum Gasteiger partial charge on any atom is 0.209 e. The van der Waals surface area contributed by atoms with Crippen LogP contribution in [-0.4, -0.2) is 30.0 Å². The van der Waals surface area contributed by atoms with Gasteiger partial charge in [0.2, 0.25) is 5.13 Å². The van der Waals surface area contributed by atoms with Gasteiger partial charge in [-0.05, 0) is 36.5 Å². The second kappa shape index (κ2) is 6.55. The van der Waals surface area contributed by atoms with E-state index in [0.717, 1.165) is 27.2 Å². The zero-order valence-electron chi connectivity index (χ0n) is 12.0. The maximum absolute atomic E-state index is 5.41. The number of rotatable bonds is 5. The first-order valence-corrected chi connectivity index (χ1v) is 8.29. The van der Waals surface area contributed by atoms with Crippen molar-refractivity contribution in [3.63, 3.8) is 0 Å². The molecule has 1 saturated heterocycles. The first-order valence-electron chi connectivity index (χ1n) is 7.07. The molecule has 0 bridgehead atoms. The smallest absolute Gasteiger partial charge is 0.209 e. The van der Waals surface area contributed by atoms with E-state index in [0.29, 0.717) is 0 Å². The van der Waals surface area contributed by atoms with Crippen LogP contribution >= 0.6 is 23.6 Å². The van der Waals surface area contributed by atoms with Gasteiger partial charge in [-0.3, -0.25) is 0 Å². The van der Waals surface area contributed by atoms with Gasteiger partial charge in [0.15, 0.2) is 10.6 Å². The molecule has 0 aliphatic carbocycles. The molecule has 2 heterocycles. The van der Waals surface area contributed by atoms with E-state index in [9.17, 15) is 0 Å². The third-order valence-corrected chi connectivity index (χ3v) is 4.85. The van der Waals surface area contributed by atoms with E-state index in [4.69, 9.17) is 17.0 Å². The third-order valence-electron chi connectivity index (χ3n) is 3.63. The average molecular weight is 323 g/mol. The molecule has 1 aromatic carbocycles. The van der Waals surface area contributed by atoms with Crippen molar-refractivity contribution in [3.8, 4) is 5.75 Å². The Hall–Kier alpha value is -1.44. The SMILES string of the molecule is COc1ccc(Nc2nn(C[NH+]3CCCC3)c(=S)s2)cc1. The van der Waals surface area contributed by atoms with Gasteiger partial charge >= 0.3 is 0 Å². The minimum Gasteiger partial charge on any atom is -0.497 e. The molecule has 1 fully saturated rings. The molecule has 5 nitrogen and oxygen atoms in total. The normalized spacial score (nSPS) is 15.3. The molecule has 0 atom stereocenters. The molecule has 0 spiro atoms. The molecule has 2 aromatic rings. The molecule has 0 radical (unpaired) electrons. The Labute approximate surface area is 133 Å². The van der Waals surface area contributed by atoms with Crippen LogP contribution in [0.3, 0.4) is 0 Å². The molecule has 1 aliphatic rings. The first kappa shape index (κ1) is 14.5. The largest absolute Gasteiger partial charge is 0.497 e. The number of nitrogens with zero attached hydrogens (tertiary/aromatic N) is 2. The molecule has 0 saturated carbocycles. The number of aromatic nitrogens is 2. The summed E-state index contributed by atoms with van der Waals surface area (Å²) in [6, 6.07) is 7.79. The second-order valence-corrected chi connectivity index (χ2v) is 6.76. The van der Waals surface area contributed by atoms with Crippen LogP contribution in [-0.2, 0) is 6.67 Å². The molecule has 0 amide bonds. The summed E-state index contributed by atoms with van der Waals surface area (Å²) in [5, 5.41) is 8.71. The predicted octanol–water partition coefficient (Wildman–Crippen LogP) is 2.06. The minimum atomic E-state index is 0.824. The number of hydrogen-bond acceptors (Lipinski definition) is 5. The fraction of sp³-hybridized carbons (Fsp3) is 0.429. The standard InChI is InChI=1S/C14H18N4OS2/c1-19-12-6-4-11(5-7-12)15-13-16-18(14(20)21-13)10-17-8-2-3-9-17/h4-7H,2-3,8-10H2,1H3,(H,15,16)/p+1. The highest BCUT2D eigenvalue weighted by Gasteiger charge is 2.17. The summed E-state index contributed by atoms with van der Waals surface area (Å²) in [6.45, 7) is 3.32. The van der Waals surface area contributed by atoms with Crippen LogP contribution in [0.4, 0.5) is 10.8 Å². The lowest BCUT2D eigenvalue weighted by molar-refractivity contribution is -0.911. The van der Waals surface area contributed by atoms with Crippen molar-refractivity contribution in [2.75, 3.05) is 25.5 Å². The third kappa shape index (κ3) is 3.61. The fourth-order valence-electron chi connectivity index (χ4n) is 2.50. The number of anilines is 2. The monoisotopic (exact) mass is 323 g/mol. The summed E-state index contributed by atoms with van der Waals surface area (Å²) in [6.07, 6.45) is 2.62. The number of ether oxygens (including phenoxy) is 1. The lowest BCUT2D eigenvalue weighted by atomic mass is 10.3. The Kier molecular flexibility index (Phi) is 4.52. The number of quaternary nitrogens is 1. The number of hydrogen-bond donors (Lipinski definition) is 2. The van der Waals surface area contributed by atoms with Crippen molar-refractivity contribution in [1.29, 1.82) is 0 Å². The first-order chi connectivity index (χ1) is 10.2. The Bertz CT molecular complexity index is 644. The van der Waals surface area contributed by atoms with Gasteiger partial charge < -0.3 is 15.0 Å². The average Bonchev–Trinajstić information content (AvgIpc) is 3.11. The topological polar surface area (TPSA) is 43.5 Å². The quantitative estimate of drug-likeness (QED) is 0.827. The van der Waals surface area contributed by atoms with E-state index in [-0.39, 0.29) is 0 Å². The Balaban J connectivity index is 1.69. The predicted molar refractivity (Wildman–Crippen MR) is 87.1 cm³/mol. The van der Waals surface area contributed by atoms with E-state index < -0.39 is 0 Å². The van der Waals surface area contributed by atoms with Crippen LogP contribution in [0.2, 0.25) is 0 Å². The molecule has 1 aliphatic heterocycles. The van der Waals surface area contributed by atoms with Crippen LogP contribution < -0.4 is 15.0 Å².